The normalized spacial score (nSPS) is 12.9. The van der Waals surface area contributed by atoms with Gasteiger partial charge in [-0.25, -0.2) is 4.39 Å². The van der Waals surface area contributed by atoms with Gasteiger partial charge in [0.15, 0.2) is 11.6 Å². The van der Waals surface area contributed by atoms with Crippen LogP contribution in [0.5, 0.6) is 5.75 Å². The smallest absolute Gasteiger partial charge is 0.168 e. The topological polar surface area (TPSA) is 72.3 Å². The highest BCUT2D eigenvalue weighted by Crippen LogP contribution is 2.27. The van der Waals surface area contributed by atoms with Gasteiger partial charge in [0.05, 0.1) is 0 Å². The first-order valence-corrected chi connectivity index (χ1v) is 4.01. The summed E-state index contributed by atoms with van der Waals surface area (Å²) in [5.74, 6) is -1.01. The lowest BCUT2D eigenvalue weighted by Crippen LogP contribution is -2.21. The monoisotopic (exact) mass is 184 g/mol. The van der Waals surface area contributed by atoms with Crippen LogP contribution in [0.25, 0.3) is 0 Å². The van der Waals surface area contributed by atoms with Crippen molar-refractivity contribution >= 4 is 0 Å². The first-order valence-electron chi connectivity index (χ1n) is 4.01. The Balaban J connectivity index is 3.18. The highest BCUT2D eigenvalue weighted by atomic mass is 19.1. The van der Waals surface area contributed by atoms with Crippen LogP contribution in [0, 0.1) is 12.7 Å². The summed E-state index contributed by atoms with van der Waals surface area (Å²) < 4.78 is 13.1. The molecular weight excluding hydrogens is 171 g/mol. The van der Waals surface area contributed by atoms with Crippen LogP contribution >= 0.6 is 0 Å². The highest BCUT2D eigenvalue weighted by Gasteiger charge is 2.14. The number of phenols is 1. The maximum Gasteiger partial charge on any atom is 0.168 e. The van der Waals surface area contributed by atoms with Crippen molar-refractivity contribution in [2.75, 3.05) is 6.54 Å². The minimum atomic E-state index is -0.624. The first kappa shape index (κ1) is 9.95. The van der Waals surface area contributed by atoms with Gasteiger partial charge in [-0.3, -0.25) is 0 Å². The summed E-state index contributed by atoms with van der Waals surface area (Å²) in [6.45, 7) is 1.75. The number of rotatable bonds is 2. The van der Waals surface area contributed by atoms with Gasteiger partial charge >= 0.3 is 0 Å². The summed E-state index contributed by atoms with van der Waals surface area (Å²) in [6, 6.07) is 2.64. The molecular formula is C9H13FN2O. The lowest BCUT2D eigenvalue weighted by Gasteiger charge is -2.12. The molecule has 0 aromatic heterocycles. The third-order valence-electron chi connectivity index (χ3n) is 1.99. The molecule has 5 N–H and O–H groups in total. The van der Waals surface area contributed by atoms with E-state index >= 15 is 0 Å². The molecule has 13 heavy (non-hydrogen) atoms. The van der Waals surface area contributed by atoms with Crippen LogP contribution in [0.3, 0.4) is 0 Å². The molecule has 0 bridgehead atoms. The fourth-order valence-electron chi connectivity index (χ4n) is 1.11. The van der Waals surface area contributed by atoms with Crippen LogP contribution in [0.1, 0.15) is 17.2 Å². The van der Waals surface area contributed by atoms with Crippen molar-refractivity contribution in [3.63, 3.8) is 0 Å². The van der Waals surface area contributed by atoms with E-state index in [1.165, 1.54) is 0 Å². The summed E-state index contributed by atoms with van der Waals surface area (Å²) in [5, 5.41) is 9.37. The van der Waals surface area contributed by atoms with E-state index in [1.54, 1.807) is 19.1 Å². The summed E-state index contributed by atoms with van der Waals surface area (Å²) in [5.41, 5.74) is 11.6. The van der Waals surface area contributed by atoms with Gasteiger partial charge in [0.1, 0.15) is 0 Å². The average molecular weight is 184 g/mol. The Bertz CT molecular complexity index is 315. The largest absolute Gasteiger partial charge is 0.505 e. The van der Waals surface area contributed by atoms with Crippen LogP contribution in [0.15, 0.2) is 12.1 Å². The predicted molar refractivity (Wildman–Crippen MR) is 48.8 cm³/mol. The van der Waals surface area contributed by atoms with Gasteiger partial charge in [-0.2, -0.15) is 0 Å². The molecule has 0 aliphatic heterocycles. The molecule has 1 aromatic carbocycles. The Hall–Kier alpha value is -1.13. The molecule has 0 aliphatic carbocycles. The summed E-state index contributed by atoms with van der Waals surface area (Å²) in [6.07, 6.45) is 0. The van der Waals surface area contributed by atoms with Gasteiger partial charge in [0.2, 0.25) is 0 Å². The summed E-state index contributed by atoms with van der Waals surface area (Å²) >= 11 is 0. The van der Waals surface area contributed by atoms with E-state index in [-0.39, 0.29) is 6.54 Å². The van der Waals surface area contributed by atoms with E-state index < -0.39 is 17.6 Å². The molecule has 0 saturated heterocycles. The number of nitrogens with two attached hydrogens (primary N) is 2. The maximum atomic E-state index is 13.1. The Morgan fingerprint density at radius 1 is 1.54 bits per heavy atom. The standard InChI is InChI=1S/C9H13FN2O/c1-5-2-3-6(7(12)4-11)9(13)8(5)10/h2-3,7,13H,4,11-12H2,1H3/t7-/m0/s1. The van der Waals surface area contributed by atoms with Crippen molar-refractivity contribution in [2.45, 2.75) is 13.0 Å². The van der Waals surface area contributed by atoms with Crippen molar-refractivity contribution in [3.05, 3.63) is 29.1 Å². The third-order valence-corrected chi connectivity index (χ3v) is 1.99. The molecule has 0 spiro atoms. The second-order valence-electron chi connectivity index (χ2n) is 2.98. The predicted octanol–water partition coefficient (Wildman–Crippen LogP) is 0.798. The molecule has 0 radical (unpaired) electrons. The molecule has 1 aromatic rings. The number of phenolic OH excluding ortho intramolecular Hbond substituents is 1. The van der Waals surface area contributed by atoms with Gasteiger partial charge in [0.25, 0.3) is 0 Å². The number of aryl methyl sites for hydroxylation is 1. The van der Waals surface area contributed by atoms with Gasteiger partial charge in [0, 0.05) is 18.2 Å². The molecule has 0 fully saturated rings. The molecule has 0 unspecified atom stereocenters. The molecule has 1 rings (SSSR count). The Labute approximate surface area is 76.2 Å². The number of halogens is 1. The van der Waals surface area contributed by atoms with Crippen LogP contribution < -0.4 is 11.5 Å². The van der Waals surface area contributed by atoms with Gasteiger partial charge < -0.3 is 16.6 Å². The van der Waals surface area contributed by atoms with Crippen LogP contribution in [0.2, 0.25) is 0 Å². The fourth-order valence-corrected chi connectivity index (χ4v) is 1.11. The zero-order chi connectivity index (χ0) is 10.0. The second-order valence-corrected chi connectivity index (χ2v) is 2.98. The van der Waals surface area contributed by atoms with E-state index in [0.717, 1.165) is 0 Å². The fraction of sp³-hybridized carbons (Fsp3) is 0.333. The molecule has 0 amide bonds. The number of benzene rings is 1. The summed E-state index contributed by atoms with van der Waals surface area (Å²) in [7, 11) is 0. The molecule has 72 valence electrons. The average Bonchev–Trinajstić information content (AvgIpc) is 2.13. The van der Waals surface area contributed by atoms with Gasteiger partial charge in [-0.15, -0.1) is 0 Å². The minimum Gasteiger partial charge on any atom is -0.505 e. The highest BCUT2D eigenvalue weighted by molar-refractivity contribution is 5.39. The summed E-state index contributed by atoms with van der Waals surface area (Å²) in [4.78, 5) is 0. The lowest BCUT2D eigenvalue weighted by molar-refractivity contribution is 0.419. The maximum absolute atomic E-state index is 13.1. The number of hydrogen-bond acceptors (Lipinski definition) is 3. The molecule has 1 atom stereocenters. The Kier molecular flexibility index (Phi) is 2.85. The van der Waals surface area contributed by atoms with E-state index in [9.17, 15) is 9.50 Å². The molecule has 0 saturated carbocycles. The van der Waals surface area contributed by atoms with Crippen molar-refractivity contribution in [1.82, 2.24) is 0 Å². The Morgan fingerprint density at radius 2 is 2.15 bits per heavy atom. The van der Waals surface area contributed by atoms with Crippen molar-refractivity contribution in [2.24, 2.45) is 11.5 Å². The van der Waals surface area contributed by atoms with E-state index in [2.05, 4.69) is 0 Å². The van der Waals surface area contributed by atoms with E-state index in [0.29, 0.717) is 11.1 Å². The van der Waals surface area contributed by atoms with Crippen LogP contribution in [-0.2, 0) is 0 Å². The molecule has 0 aliphatic rings. The zero-order valence-corrected chi connectivity index (χ0v) is 7.42. The zero-order valence-electron chi connectivity index (χ0n) is 7.42. The van der Waals surface area contributed by atoms with Crippen LogP contribution in [0.4, 0.5) is 4.39 Å². The van der Waals surface area contributed by atoms with Crippen LogP contribution in [-0.4, -0.2) is 11.7 Å². The second kappa shape index (κ2) is 3.72. The van der Waals surface area contributed by atoms with Gasteiger partial charge in [-0.05, 0) is 12.5 Å². The minimum absolute atomic E-state index is 0.177. The SMILES string of the molecule is Cc1ccc([C@@H](N)CN)c(O)c1F. The number of hydrogen-bond donors (Lipinski definition) is 3. The van der Waals surface area contributed by atoms with E-state index in [4.69, 9.17) is 11.5 Å². The van der Waals surface area contributed by atoms with Crippen molar-refractivity contribution in [1.29, 1.82) is 0 Å². The number of aromatic hydroxyl groups is 1. The quantitative estimate of drug-likeness (QED) is 0.636. The van der Waals surface area contributed by atoms with E-state index in [1.807, 2.05) is 0 Å². The first-order chi connectivity index (χ1) is 6.07. The lowest BCUT2D eigenvalue weighted by atomic mass is 10.0. The Morgan fingerprint density at radius 3 is 2.69 bits per heavy atom. The van der Waals surface area contributed by atoms with Gasteiger partial charge in [-0.1, -0.05) is 12.1 Å². The van der Waals surface area contributed by atoms with Crippen molar-refractivity contribution in [3.8, 4) is 5.75 Å². The van der Waals surface area contributed by atoms with Crippen molar-refractivity contribution < 1.29 is 9.50 Å². The molecule has 0 heterocycles. The third kappa shape index (κ3) is 1.79. The molecule has 3 nitrogen and oxygen atoms in total. The molecule has 4 heteroatoms.